The fraction of sp³-hybridized carbons (Fsp3) is 0.367. The van der Waals surface area contributed by atoms with Crippen LogP contribution in [0.4, 0.5) is 0 Å². The third kappa shape index (κ3) is 7.95. The normalized spacial score (nSPS) is 23.5. The van der Waals surface area contributed by atoms with E-state index in [1.165, 1.54) is 6.92 Å². The van der Waals surface area contributed by atoms with Crippen molar-refractivity contribution in [3.63, 3.8) is 0 Å². The summed E-state index contributed by atoms with van der Waals surface area (Å²) in [6.07, 6.45) is -2.28. The molecule has 7 heteroatoms. The molecule has 1 saturated heterocycles. The molecule has 1 aliphatic heterocycles. The number of hydrogen-bond donors (Lipinski definition) is 1. The standard InChI is InChI=1S/C30H35NO6/c1-22(32)31-27-29(36-20-25-16-10-5-11-17-25)28(35-19-24-14-8-4-9-15-24)26(37-30(27)33-2)21-34-18-23-12-6-3-7-13-23/h3-17,26-30H,18-21H2,1-2H3,(H,31,32)/t26-,27-,28+,29-,30-/m1/s1. The average molecular weight is 506 g/mol. The van der Waals surface area contributed by atoms with Crippen LogP contribution in [-0.4, -0.2) is 50.3 Å². The minimum atomic E-state index is -0.730. The molecule has 3 aromatic carbocycles. The van der Waals surface area contributed by atoms with Crippen LogP contribution in [0.25, 0.3) is 0 Å². The molecule has 0 aromatic heterocycles. The zero-order valence-corrected chi connectivity index (χ0v) is 21.3. The second kappa shape index (κ2) is 14.0. The molecule has 0 saturated carbocycles. The zero-order valence-electron chi connectivity index (χ0n) is 21.3. The lowest BCUT2D eigenvalue weighted by Crippen LogP contribution is -2.65. The third-order valence-electron chi connectivity index (χ3n) is 6.21. The summed E-state index contributed by atoms with van der Waals surface area (Å²) in [6.45, 7) is 2.89. The van der Waals surface area contributed by atoms with E-state index in [9.17, 15) is 4.79 Å². The van der Waals surface area contributed by atoms with E-state index in [0.717, 1.165) is 16.7 Å². The third-order valence-corrected chi connectivity index (χ3v) is 6.21. The number of carbonyl (C=O) groups excluding carboxylic acids is 1. The first kappa shape index (κ1) is 27.0. The Morgan fingerprint density at radius 1 is 0.757 bits per heavy atom. The fourth-order valence-electron chi connectivity index (χ4n) is 4.43. The predicted octanol–water partition coefficient (Wildman–Crippen LogP) is 4.25. The van der Waals surface area contributed by atoms with Gasteiger partial charge >= 0.3 is 0 Å². The van der Waals surface area contributed by atoms with Crippen LogP contribution >= 0.6 is 0 Å². The summed E-state index contributed by atoms with van der Waals surface area (Å²) in [7, 11) is 1.56. The highest BCUT2D eigenvalue weighted by Crippen LogP contribution is 2.29. The van der Waals surface area contributed by atoms with Gasteiger partial charge in [-0.25, -0.2) is 0 Å². The number of carbonyl (C=O) groups is 1. The van der Waals surface area contributed by atoms with E-state index < -0.39 is 30.6 Å². The average Bonchev–Trinajstić information content (AvgIpc) is 2.93. The van der Waals surface area contributed by atoms with Crippen molar-refractivity contribution >= 4 is 5.91 Å². The molecule has 0 aliphatic carbocycles. The second-order valence-corrected chi connectivity index (χ2v) is 9.03. The van der Waals surface area contributed by atoms with Gasteiger partial charge < -0.3 is 29.0 Å². The second-order valence-electron chi connectivity index (χ2n) is 9.03. The molecule has 37 heavy (non-hydrogen) atoms. The Balaban J connectivity index is 1.56. The maximum Gasteiger partial charge on any atom is 0.217 e. The van der Waals surface area contributed by atoms with Gasteiger partial charge in [0.05, 0.1) is 26.4 Å². The van der Waals surface area contributed by atoms with E-state index in [-0.39, 0.29) is 12.5 Å². The fourth-order valence-corrected chi connectivity index (χ4v) is 4.43. The minimum Gasteiger partial charge on any atom is -0.374 e. The maximum atomic E-state index is 12.1. The van der Waals surface area contributed by atoms with Gasteiger partial charge in [-0.15, -0.1) is 0 Å². The van der Waals surface area contributed by atoms with Crippen LogP contribution in [0.2, 0.25) is 0 Å². The molecule has 4 rings (SSSR count). The Morgan fingerprint density at radius 3 is 1.73 bits per heavy atom. The summed E-state index contributed by atoms with van der Waals surface area (Å²) in [5.41, 5.74) is 3.11. The molecule has 196 valence electrons. The van der Waals surface area contributed by atoms with Gasteiger partial charge in [-0.05, 0) is 16.7 Å². The van der Waals surface area contributed by atoms with Crippen LogP contribution < -0.4 is 5.32 Å². The number of ether oxygens (including phenoxy) is 5. The molecule has 7 nitrogen and oxygen atoms in total. The van der Waals surface area contributed by atoms with Crippen molar-refractivity contribution in [3.05, 3.63) is 108 Å². The van der Waals surface area contributed by atoms with Gasteiger partial charge in [0.15, 0.2) is 6.29 Å². The maximum absolute atomic E-state index is 12.1. The number of rotatable bonds is 12. The summed E-state index contributed by atoms with van der Waals surface area (Å²) in [5, 5.41) is 2.97. The van der Waals surface area contributed by atoms with Crippen LogP contribution in [-0.2, 0) is 48.3 Å². The predicted molar refractivity (Wildman–Crippen MR) is 139 cm³/mol. The van der Waals surface area contributed by atoms with Gasteiger partial charge in [0, 0.05) is 14.0 Å². The molecule has 1 amide bonds. The molecule has 0 radical (unpaired) electrons. The summed E-state index contributed by atoms with van der Waals surface area (Å²) in [6, 6.07) is 29.2. The van der Waals surface area contributed by atoms with Gasteiger partial charge in [-0.3, -0.25) is 4.79 Å². The lowest BCUT2D eigenvalue weighted by molar-refractivity contribution is -0.284. The molecule has 1 heterocycles. The van der Waals surface area contributed by atoms with Crippen LogP contribution in [0.15, 0.2) is 91.0 Å². The topological polar surface area (TPSA) is 75.2 Å². The largest absolute Gasteiger partial charge is 0.374 e. The van der Waals surface area contributed by atoms with Crippen LogP contribution in [0.3, 0.4) is 0 Å². The molecule has 1 fully saturated rings. The number of benzene rings is 3. The van der Waals surface area contributed by atoms with Crippen LogP contribution in [0.1, 0.15) is 23.6 Å². The Morgan fingerprint density at radius 2 is 1.24 bits per heavy atom. The van der Waals surface area contributed by atoms with Crippen molar-refractivity contribution in [3.8, 4) is 0 Å². The highest BCUT2D eigenvalue weighted by Gasteiger charge is 2.48. The highest BCUT2D eigenvalue weighted by molar-refractivity contribution is 5.73. The van der Waals surface area contributed by atoms with E-state index in [2.05, 4.69) is 5.32 Å². The summed E-state index contributed by atoms with van der Waals surface area (Å²) in [5.74, 6) is -0.204. The first-order valence-electron chi connectivity index (χ1n) is 12.5. The Hall–Kier alpha value is -3.07. The molecule has 0 bridgehead atoms. The molecule has 1 N–H and O–H groups in total. The first-order chi connectivity index (χ1) is 18.1. The Kier molecular flexibility index (Phi) is 10.2. The lowest BCUT2D eigenvalue weighted by Gasteiger charge is -2.45. The van der Waals surface area contributed by atoms with Gasteiger partial charge in [-0.2, -0.15) is 0 Å². The van der Waals surface area contributed by atoms with E-state index in [0.29, 0.717) is 19.8 Å². The molecule has 0 unspecified atom stereocenters. The van der Waals surface area contributed by atoms with Crippen molar-refractivity contribution in [1.82, 2.24) is 5.32 Å². The van der Waals surface area contributed by atoms with Gasteiger partial charge in [-0.1, -0.05) is 91.0 Å². The van der Waals surface area contributed by atoms with Crippen LogP contribution in [0, 0.1) is 0 Å². The van der Waals surface area contributed by atoms with Gasteiger partial charge in [0.2, 0.25) is 5.91 Å². The number of amides is 1. The number of methoxy groups -OCH3 is 1. The SMILES string of the molecule is CO[C@@H]1O[C@H](COCc2ccccc2)[C@H](OCc2ccccc2)[C@H](OCc2ccccc2)[C@H]1NC(C)=O. The summed E-state index contributed by atoms with van der Waals surface area (Å²) < 4.78 is 30.9. The Bertz CT molecular complexity index is 1070. The molecule has 1 aliphatic rings. The quantitative estimate of drug-likeness (QED) is 0.397. The van der Waals surface area contributed by atoms with Gasteiger partial charge in [0.25, 0.3) is 0 Å². The molecule has 3 aromatic rings. The van der Waals surface area contributed by atoms with Crippen molar-refractivity contribution in [2.24, 2.45) is 0 Å². The highest BCUT2D eigenvalue weighted by atomic mass is 16.7. The lowest BCUT2D eigenvalue weighted by atomic mass is 9.96. The van der Waals surface area contributed by atoms with Crippen molar-refractivity contribution in [2.45, 2.75) is 57.4 Å². The smallest absolute Gasteiger partial charge is 0.217 e. The van der Waals surface area contributed by atoms with E-state index >= 15 is 0 Å². The van der Waals surface area contributed by atoms with Gasteiger partial charge in [0.1, 0.15) is 24.4 Å². The monoisotopic (exact) mass is 505 g/mol. The van der Waals surface area contributed by atoms with Crippen molar-refractivity contribution in [2.75, 3.05) is 13.7 Å². The minimum absolute atomic E-state index is 0.204. The Labute approximate surface area is 218 Å². The van der Waals surface area contributed by atoms with Crippen molar-refractivity contribution < 1.29 is 28.5 Å². The summed E-state index contributed by atoms with van der Waals surface area (Å²) in [4.78, 5) is 12.1. The molecule has 0 spiro atoms. The van der Waals surface area contributed by atoms with E-state index in [1.807, 2.05) is 91.0 Å². The first-order valence-corrected chi connectivity index (χ1v) is 12.5. The van der Waals surface area contributed by atoms with E-state index in [1.54, 1.807) is 7.11 Å². The molecular formula is C30H35NO6. The zero-order chi connectivity index (χ0) is 25.9. The summed E-state index contributed by atoms with van der Waals surface area (Å²) >= 11 is 0. The number of nitrogens with one attached hydrogen (secondary N) is 1. The number of hydrogen-bond acceptors (Lipinski definition) is 6. The molecular weight excluding hydrogens is 470 g/mol. The van der Waals surface area contributed by atoms with Crippen molar-refractivity contribution in [1.29, 1.82) is 0 Å². The molecule has 5 atom stereocenters. The van der Waals surface area contributed by atoms with Crippen LogP contribution in [0.5, 0.6) is 0 Å². The van der Waals surface area contributed by atoms with E-state index in [4.69, 9.17) is 23.7 Å².